The van der Waals surface area contributed by atoms with Crippen molar-refractivity contribution in [1.29, 1.82) is 0 Å². The van der Waals surface area contributed by atoms with Crippen LogP contribution < -0.4 is 0 Å². The molecule has 2 unspecified atom stereocenters. The molecule has 0 saturated carbocycles. The Labute approximate surface area is 116 Å². The topological polar surface area (TPSA) is 90.7 Å². The van der Waals surface area contributed by atoms with E-state index in [1.54, 1.807) is 18.5 Å². The van der Waals surface area contributed by atoms with Crippen LogP contribution in [0.2, 0.25) is 0 Å². The van der Waals surface area contributed by atoms with Crippen molar-refractivity contribution >= 4 is 11.9 Å². The Hall–Kier alpha value is -1.95. The molecule has 1 amide bonds. The van der Waals surface area contributed by atoms with Crippen LogP contribution in [0.3, 0.4) is 0 Å². The maximum absolute atomic E-state index is 12.6. The summed E-state index contributed by atoms with van der Waals surface area (Å²) in [6.07, 6.45) is 5.16. The number of nitrogens with zero attached hydrogens (tertiary/aromatic N) is 2. The van der Waals surface area contributed by atoms with Crippen LogP contribution in [0.15, 0.2) is 18.5 Å². The zero-order valence-corrected chi connectivity index (χ0v) is 11.0. The van der Waals surface area contributed by atoms with E-state index in [4.69, 9.17) is 5.11 Å². The van der Waals surface area contributed by atoms with E-state index >= 15 is 0 Å². The third-order valence-corrected chi connectivity index (χ3v) is 4.26. The summed E-state index contributed by atoms with van der Waals surface area (Å²) in [6.45, 7) is 0.387. The van der Waals surface area contributed by atoms with E-state index in [2.05, 4.69) is 4.98 Å². The molecule has 1 saturated heterocycles. The summed E-state index contributed by atoms with van der Waals surface area (Å²) in [7, 11) is 0. The Kier molecular flexibility index (Phi) is 2.97. The first-order valence-electron chi connectivity index (χ1n) is 6.73. The third kappa shape index (κ3) is 1.79. The molecule has 6 heteroatoms. The number of likely N-dealkylation sites (tertiary alicyclic amines) is 1. The van der Waals surface area contributed by atoms with Gasteiger partial charge in [0.25, 0.3) is 5.91 Å². The lowest BCUT2D eigenvalue weighted by Crippen LogP contribution is -2.50. The van der Waals surface area contributed by atoms with Crippen LogP contribution in [0.4, 0.5) is 0 Å². The van der Waals surface area contributed by atoms with Crippen LogP contribution in [0.1, 0.15) is 30.4 Å². The fourth-order valence-corrected chi connectivity index (χ4v) is 3.21. The molecule has 1 aromatic heterocycles. The lowest BCUT2D eigenvalue weighted by atomic mass is 9.94. The first kappa shape index (κ1) is 13.1. The van der Waals surface area contributed by atoms with Gasteiger partial charge in [-0.05, 0) is 42.9 Å². The second-order valence-corrected chi connectivity index (χ2v) is 5.39. The van der Waals surface area contributed by atoms with Gasteiger partial charge in [-0.3, -0.25) is 9.78 Å². The van der Waals surface area contributed by atoms with Crippen molar-refractivity contribution < 1.29 is 19.8 Å². The molecule has 0 radical (unpaired) electrons. The van der Waals surface area contributed by atoms with E-state index in [-0.39, 0.29) is 6.42 Å². The molecule has 2 atom stereocenters. The first-order valence-corrected chi connectivity index (χ1v) is 6.73. The van der Waals surface area contributed by atoms with Crippen molar-refractivity contribution in [2.45, 2.75) is 37.3 Å². The highest BCUT2D eigenvalue weighted by atomic mass is 16.4. The zero-order valence-electron chi connectivity index (χ0n) is 11.0. The van der Waals surface area contributed by atoms with Gasteiger partial charge in [-0.15, -0.1) is 0 Å². The number of aliphatic hydroxyl groups is 1. The Morgan fingerprint density at radius 1 is 1.45 bits per heavy atom. The van der Waals surface area contributed by atoms with E-state index in [1.165, 1.54) is 4.90 Å². The number of carbonyl (C=O) groups excluding carboxylic acids is 1. The van der Waals surface area contributed by atoms with Crippen LogP contribution in [-0.4, -0.2) is 44.6 Å². The van der Waals surface area contributed by atoms with Crippen LogP contribution in [0.25, 0.3) is 0 Å². The lowest BCUT2D eigenvalue weighted by molar-refractivity contribution is -0.159. The summed E-state index contributed by atoms with van der Waals surface area (Å²) >= 11 is 0. The standard InChI is InChI=1S/C14H16N2O4/c17-12(18)11-2-1-7-16(11)13(19)14(20)5-3-9-8-15-6-4-10(9)14/h4,6,8,11,20H,1-3,5,7H2,(H,17,18). The smallest absolute Gasteiger partial charge is 0.326 e. The predicted molar refractivity (Wildman–Crippen MR) is 68.8 cm³/mol. The van der Waals surface area contributed by atoms with Crippen LogP contribution in [-0.2, 0) is 21.6 Å². The third-order valence-electron chi connectivity index (χ3n) is 4.26. The molecule has 3 rings (SSSR count). The highest BCUT2D eigenvalue weighted by Crippen LogP contribution is 2.39. The highest BCUT2D eigenvalue weighted by Gasteiger charge is 2.49. The zero-order chi connectivity index (χ0) is 14.3. The summed E-state index contributed by atoms with van der Waals surface area (Å²) < 4.78 is 0. The van der Waals surface area contributed by atoms with Gasteiger partial charge in [0.2, 0.25) is 0 Å². The number of hydrogen-bond donors (Lipinski definition) is 2. The fourth-order valence-electron chi connectivity index (χ4n) is 3.21. The first-order chi connectivity index (χ1) is 9.54. The number of fused-ring (bicyclic) bond motifs is 1. The van der Waals surface area contributed by atoms with Gasteiger partial charge < -0.3 is 15.1 Å². The number of rotatable bonds is 2. The minimum absolute atomic E-state index is 0.287. The van der Waals surface area contributed by atoms with Gasteiger partial charge in [0.1, 0.15) is 6.04 Å². The molecule has 1 aromatic rings. The molecular weight excluding hydrogens is 260 g/mol. The number of carboxylic acids is 1. The summed E-state index contributed by atoms with van der Waals surface area (Å²) in [5, 5.41) is 19.9. The van der Waals surface area contributed by atoms with Gasteiger partial charge in [-0.1, -0.05) is 0 Å². The average Bonchev–Trinajstić information content (AvgIpc) is 3.05. The molecule has 2 N–H and O–H groups in total. The number of aryl methyl sites for hydroxylation is 1. The molecule has 106 valence electrons. The van der Waals surface area contributed by atoms with Gasteiger partial charge in [0.15, 0.2) is 5.60 Å². The Bertz CT molecular complexity index is 574. The van der Waals surface area contributed by atoms with Crippen molar-refractivity contribution in [3.05, 3.63) is 29.6 Å². The number of pyridine rings is 1. The summed E-state index contributed by atoms with van der Waals surface area (Å²) in [4.78, 5) is 29.1. The van der Waals surface area contributed by atoms with E-state index in [0.717, 1.165) is 5.56 Å². The molecule has 1 aliphatic carbocycles. The predicted octanol–water partition coefficient (Wildman–Crippen LogP) is 0.291. The Morgan fingerprint density at radius 2 is 2.25 bits per heavy atom. The SMILES string of the molecule is O=C(O)C1CCCN1C(=O)C1(O)CCc2cnccc21. The molecule has 6 nitrogen and oxygen atoms in total. The number of carbonyl (C=O) groups is 2. The van der Waals surface area contributed by atoms with E-state index in [0.29, 0.717) is 31.4 Å². The molecule has 2 heterocycles. The quantitative estimate of drug-likeness (QED) is 0.810. The normalized spacial score (nSPS) is 28.4. The van der Waals surface area contributed by atoms with Crippen LogP contribution in [0.5, 0.6) is 0 Å². The highest BCUT2D eigenvalue weighted by molar-refractivity contribution is 5.91. The van der Waals surface area contributed by atoms with Gasteiger partial charge in [0.05, 0.1) is 0 Å². The average molecular weight is 276 g/mol. The Balaban J connectivity index is 1.93. The maximum atomic E-state index is 12.6. The van der Waals surface area contributed by atoms with Crippen molar-refractivity contribution in [2.75, 3.05) is 6.54 Å². The molecule has 0 bridgehead atoms. The Morgan fingerprint density at radius 3 is 3.00 bits per heavy atom. The monoisotopic (exact) mass is 276 g/mol. The molecule has 1 fully saturated rings. The maximum Gasteiger partial charge on any atom is 0.326 e. The van der Waals surface area contributed by atoms with Crippen molar-refractivity contribution in [3.8, 4) is 0 Å². The minimum Gasteiger partial charge on any atom is -0.480 e. The molecule has 0 spiro atoms. The van der Waals surface area contributed by atoms with Crippen molar-refractivity contribution in [2.24, 2.45) is 0 Å². The molecule has 1 aliphatic heterocycles. The molecule has 2 aliphatic rings. The minimum atomic E-state index is -1.60. The molecule has 20 heavy (non-hydrogen) atoms. The van der Waals surface area contributed by atoms with Gasteiger partial charge in [0, 0.05) is 18.9 Å². The van der Waals surface area contributed by atoms with Crippen molar-refractivity contribution in [3.63, 3.8) is 0 Å². The molecule has 0 aromatic carbocycles. The number of hydrogen-bond acceptors (Lipinski definition) is 4. The number of aromatic nitrogens is 1. The lowest BCUT2D eigenvalue weighted by Gasteiger charge is -2.30. The van der Waals surface area contributed by atoms with Crippen LogP contribution >= 0.6 is 0 Å². The van der Waals surface area contributed by atoms with E-state index in [1.807, 2.05) is 0 Å². The second kappa shape index (κ2) is 4.56. The van der Waals surface area contributed by atoms with E-state index in [9.17, 15) is 14.7 Å². The second-order valence-electron chi connectivity index (χ2n) is 5.39. The van der Waals surface area contributed by atoms with Crippen LogP contribution in [0, 0.1) is 0 Å². The number of aliphatic carboxylic acids is 1. The van der Waals surface area contributed by atoms with Gasteiger partial charge in [-0.25, -0.2) is 4.79 Å². The van der Waals surface area contributed by atoms with Crippen molar-refractivity contribution in [1.82, 2.24) is 9.88 Å². The van der Waals surface area contributed by atoms with Gasteiger partial charge >= 0.3 is 5.97 Å². The molecular formula is C14H16N2O4. The van der Waals surface area contributed by atoms with Gasteiger partial charge in [-0.2, -0.15) is 0 Å². The fraction of sp³-hybridized carbons (Fsp3) is 0.500. The largest absolute Gasteiger partial charge is 0.480 e. The van der Waals surface area contributed by atoms with E-state index < -0.39 is 23.5 Å². The summed E-state index contributed by atoms with van der Waals surface area (Å²) in [5.41, 5.74) is -0.181. The summed E-state index contributed by atoms with van der Waals surface area (Å²) in [5.74, 6) is -1.50. The number of carboxylic acid groups (broad SMARTS) is 1. The summed E-state index contributed by atoms with van der Waals surface area (Å²) in [6, 6.07) is 0.823. The number of amides is 1.